The van der Waals surface area contributed by atoms with Gasteiger partial charge in [-0.2, -0.15) is 13.2 Å². The molecule has 3 atom stereocenters. The van der Waals surface area contributed by atoms with E-state index in [1.165, 1.54) is 12.1 Å². The number of carbonyl (C=O) groups is 1. The van der Waals surface area contributed by atoms with Gasteiger partial charge in [0, 0.05) is 24.5 Å². The molecule has 0 saturated carbocycles. The van der Waals surface area contributed by atoms with E-state index >= 15 is 0 Å². The van der Waals surface area contributed by atoms with Gasteiger partial charge in [0.1, 0.15) is 0 Å². The van der Waals surface area contributed by atoms with Crippen LogP contribution >= 0.6 is 0 Å². The third kappa shape index (κ3) is 4.47. The topological polar surface area (TPSA) is 46.3 Å². The summed E-state index contributed by atoms with van der Waals surface area (Å²) in [5.41, 5.74) is 5.98. The zero-order valence-corrected chi connectivity index (χ0v) is 13.4. The first-order valence-corrected chi connectivity index (χ1v) is 7.90. The molecule has 1 saturated heterocycles. The molecule has 1 amide bonds. The molecule has 128 valence electrons. The average Bonchev–Trinajstić information content (AvgIpc) is 2.46. The van der Waals surface area contributed by atoms with Crippen LogP contribution < -0.4 is 5.73 Å². The maximum absolute atomic E-state index is 12.6. The summed E-state index contributed by atoms with van der Waals surface area (Å²) in [6.45, 7) is 4.46. The van der Waals surface area contributed by atoms with E-state index < -0.39 is 11.7 Å². The molecule has 1 aromatic rings. The van der Waals surface area contributed by atoms with Crippen LogP contribution in [0.15, 0.2) is 24.3 Å². The van der Waals surface area contributed by atoms with Crippen LogP contribution in [-0.2, 0) is 17.4 Å². The Kier molecular flexibility index (Phi) is 5.34. The molecule has 0 aromatic heterocycles. The Labute approximate surface area is 134 Å². The predicted molar refractivity (Wildman–Crippen MR) is 82.7 cm³/mol. The number of benzene rings is 1. The quantitative estimate of drug-likeness (QED) is 0.926. The number of piperidine rings is 1. The van der Waals surface area contributed by atoms with Gasteiger partial charge in [0.15, 0.2) is 0 Å². The Bertz CT molecular complexity index is 542. The van der Waals surface area contributed by atoms with Crippen LogP contribution in [0.3, 0.4) is 0 Å². The minimum Gasteiger partial charge on any atom is -0.340 e. The molecule has 1 aliphatic rings. The molecule has 0 aliphatic carbocycles. The zero-order valence-electron chi connectivity index (χ0n) is 13.4. The van der Waals surface area contributed by atoms with Crippen LogP contribution in [-0.4, -0.2) is 29.4 Å². The highest BCUT2D eigenvalue weighted by molar-refractivity contribution is 5.79. The van der Waals surface area contributed by atoms with E-state index in [4.69, 9.17) is 5.73 Å². The lowest BCUT2D eigenvalue weighted by Gasteiger charge is -2.38. The number of hydrogen-bond acceptors (Lipinski definition) is 2. The van der Waals surface area contributed by atoms with Gasteiger partial charge in [-0.25, -0.2) is 0 Å². The molecule has 1 heterocycles. The second-order valence-electron chi connectivity index (χ2n) is 6.46. The van der Waals surface area contributed by atoms with Gasteiger partial charge < -0.3 is 10.6 Å². The third-order valence-corrected chi connectivity index (χ3v) is 4.44. The van der Waals surface area contributed by atoms with Gasteiger partial charge in [0.2, 0.25) is 5.91 Å². The second-order valence-corrected chi connectivity index (χ2v) is 6.46. The zero-order chi connectivity index (χ0) is 17.2. The standard InChI is InChI=1S/C17H23F3N2O/c1-11(16(23)22-8-7-15(21)10-12(22)2)9-13-3-5-14(6-4-13)17(18,19)20/h3-6,11-12,15H,7-10,21H2,1-2H3/t11-,12-,15-/m1/s1. The monoisotopic (exact) mass is 328 g/mol. The first-order chi connectivity index (χ1) is 10.7. The van der Waals surface area contributed by atoms with Crippen molar-refractivity contribution in [2.24, 2.45) is 11.7 Å². The summed E-state index contributed by atoms with van der Waals surface area (Å²) < 4.78 is 37.7. The van der Waals surface area contributed by atoms with Gasteiger partial charge in [0.05, 0.1) is 5.56 Å². The summed E-state index contributed by atoms with van der Waals surface area (Å²) in [4.78, 5) is 14.4. The molecule has 0 unspecified atom stereocenters. The van der Waals surface area contributed by atoms with Gasteiger partial charge in [-0.3, -0.25) is 4.79 Å². The van der Waals surface area contributed by atoms with Crippen molar-refractivity contribution in [1.82, 2.24) is 4.90 Å². The molecule has 2 rings (SSSR count). The first kappa shape index (κ1) is 17.8. The van der Waals surface area contributed by atoms with Crippen LogP contribution in [0.4, 0.5) is 13.2 Å². The van der Waals surface area contributed by atoms with Gasteiger partial charge in [0.25, 0.3) is 0 Å². The molecule has 0 radical (unpaired) electrons. The Morgan fingerprint density at radius 1 is 1.35 bits per heavy atom. The Morgan fingerprint density at radius 3 is 2.48 bits per heavy atom. The van der Waals surface area contributed by atoms with Crippen molar-refractivity contribution in [2.75, 3.05) is 6.54 Å². The van der Waals surface area contributed by atoms with E-state index in [1.807, 2.05) is 18.7 Å². The van der Waals surface area contributed by atoms with E-state index in [1.54, 1.807) is 0 Å². The summed E-state index contributed by atoms with van der Waals surface area (Å²) >= 11 is 0. The van der Waals surface area contributed by atoms with Crippen molar-refractivity contribution in [1.29, 1.82) is 0 Å². The van der Waals surface area contributed by atoms with Crippen LogP contribution in [0.25, 0.3) is 0 Å². The van der Waals surface area contributed by atoms with E-state index in [0.717, 1.165) is 30.5 Å². The molecule has 1 aliphatic heterocycles. The summed E-state index contributed by atoms with van der Waals surface area (Å²) in [6.07, 6.45) is -2.31. The van der Waals surface area contributed by atoms with Crippen molar-refractivity contribution >= 4 is 5.91 Å². The Morgan fingerprint density at radius 2 is 1.96 bits per heavy atom. The molecular weight excluding hydrogens is 305 g/mol. The predicted octanol–water partition coefficient (Wildman–Crippen LogP) is 3.22. The van der Waals surface area contributed by atoms with Crippen molar-refractivity contribution in [3.63, 3.8) is 0 Å². The van der Waals surface area contributed by atoms with Gasteiger partial charge >= 0.3 is 6.18 Å². The van der Waals surface area contributed by atoms with Crippen molar-refractivity contribution < 1.29 is 18.0 Å². The third-order valence-electron chi connectivity index (χ3n) is 4.44. The summed E-state index contributed by atoms with van der Waals surface area (Å²) in [7, 11) is 0. The largest absolute Gasteiger partial charge is 0.416 e. The summed E-state index contributed by atoms with van der Waals surface area (Å²) in [5, 5.41) is 0. The maximum atomic E-state index is 12.6. The van der Waals surface area contributed by atoms with Crippen LogP contribution in [0.1, 0.15) is 37.8 Å². The lowest BCUT2D eigenvalue weighted by atomic mass is 9.94. The van der Waals surface area contributed by atoms with Crippen LogP contribution in [0, 0.1) is 5.92 Å². The lowest BCUT2D eigenvalue weighted by molar-refractivity contribution is -0.139. The van der Waals surface area contributed by atoms with E-state index in [-0.39, 0.29) is 23.9 Å². The molecule has 2 N–H and O–H groups in total. The average molecular weight is 328 g/mol. The second kappa shape index (κ2) is 6.91. The van der Waals surface area contributed by atoms with Gasteiger partial charge in [-0.05, 0) is 43.9 Å². The number of rotatable bonds is 3. The fourth-order valence-electron chi connectivity index (χ4n) is 3.09. The number of halogens is 3. The number of nitrogens with zero attached hydrogens (tertiary/aromatic N) is 1. The maximum Gasteiger partial charge on any atom is 0.416 e. The Hall–Kier alpha value is -1.56. The smallest absolute Gasteiger partial charge is 0.340 e. The molecule has 0 spiro atoms. The van der Waals surface area contributed by atoms with Crippen molar-refractivity contribution in [3.8, 4) is 0 Å². The minimum absolute atomic E-state index is 0.0456. The van der Waals surface area contributed by atoms with E-state index in [0.29, 0.717) is 13.0 Å². The minimum atomic E-state index is -4.33. The Balaban J connectivity index is 1.98. The number of amides is 1. The molecule has 3 nitrogen and oxygen atoms in total. The number of nitrogens with two attached hydrogens (primary N) is 1. The molecule has 6 heteroatoms. The summed E-state index contributed by atoms with van der Waals surface area (Å²) in [5.74, 6) is -0.215. The lowest BCUT2D eigenvalue weighted by Crippen LogP contribution is -2.50. The van der Waals surface area contributed by atoms with Crippen LogP contribution in [0.2, 0.25) is 0 Å². The summed E-state index contributed by atoms with van der Waals surface area (Å²) in [6, 6.07) is 5.27. The fraction of sp³-hybridized carbons (Fsp3) is 0.588. The molecular formula is C17H23F3N2O. The SMILES string of the molecule is C[C@H](Cc1ccc(C(F)(F)F)cc1)C(=O)N1CC[C@@H](N)C[C@H]1C. The van der Waals surface area contributed by atoms with E-state index in [9.17, 15) is 18.0 Å². The molecule has 0 bridgehead atoms. The highest BCUT2D eigenvalue weighted by Gasteiger charge is 2.31. The number of alkyl halides is 3. The van der Waals surface area contributed by atoms with Crippen molar-refractivity contribution in [3.05, 3.63) is 35.4 Å². The normalized spacial score (nSPS) is 23.7. The van der Waals surface area contributed by atoms with Crippen LogP contribution in [0.5, 0.6) is 0 Å². The van der Waals surface area contributed by atoms with Gasteiger partial charge in [-0.1, -0.05) is 19.1 Å². The number of likely N-dealkylation sites (tertiary alicyclic amines) is 1. The molecule has 23 heavy (non-hydrogen) atoms. The van der Waals surface area contributed by atoms with Crippen molar-refractivity contribution in [2.45, 2.75) is 51.4 Å². The molecule has 1 aromatic carbocycles. The fourth-order valence-corrected chi connectivity index (χ4v) is 3.09. The molecule has 1 fully saturated rings. The first-order valence-electron chi connectivity index (χ1n) is 7.90. The van der Waals surface area contributed by atoms with E-state index in [2.05, 4.69) is 0 Å². The number of hydrogen-bond donors (Lipinski definition) is 1. The highest BCUT2D eigenvalue weighted by Crippen LogP contribution is 2.29. The van der Waals surface area contributed by atoms with Gasteiger partial charge in [-0.15, -0.1) is 0 Å². The number of carbonyl (C=O) groups excluding carboxylic acids is 1. The highest BCUT2D eigenvalue weighted by atomic mass is 19.4.